The average molecular weight is 307 g/mol. The molecule has 5 nitrogen and oxygen atoms in total. The Labute approximate surface area is 124 Å². The second-order valence-corrected chi connectivity index (χ2v) is 6.17. The van der Waals surface area contributed by atoms with E-state index in [1.165, 1.54) is 23.5 Å². The van der Waals surface area contributed by atoms with Crippen molar-refractivity contribution in [1.29, 1.82) is 0 Å². The van der Waals surface area contributed by atoms with Gasteiger partial charge in [0.2, 0.25) is 0 Å². The number of rotatable bonds is 6. The van der Waals surface area contributed by atoms with Crippen LogP contribution in [0.5, 0.6) is 5.75 Å². The summed E-state index contributed by atoms with van der Waals surface area (Å²) in [5.41, 5.74) is 0.516. The van der Waals surface area contributed by atoms with E-state index in [-0.39, 0.29) is 18.0 Å². The van der Waals surface area contributed by atoms with E-state index in [0.29, 0.717) is 11.4 Å². The van der Waals surface area contributed by atoms with Crippen molar-refractivity contribution in [2.75, 3.05) is 24.6 Å². The number of aliphatic hydroxyl groups excluding tert-OH is 1. The smallest absolute Gasteiger partial charge is 0.264 e. The highest BCUT2D eigenvalue weighted by molar-refractivity contribution is 7.92. The standard InChI is InChI=1S/C15H17NO4S/c1-20-14-7-9-15(10-8-14)21(18,19)16(11-12-17)13-5-3-2-4-6-13/h2-10,17H,11-12H2,1H3. The Morgan fingerprint density at radius 1 is 1.05 bits per heavy atom. The van der Waals surface area contributed by atoms with Crippen LogP contribution in [0.4, 0.5) is 5.69 Å². The van der Waals surface area contributed by atoms with Crippen molar-refractivity contribution in [3.8, 4) is 5.75 Å². The van der Waals surface area contributed by atoms with Gasteiger partial charge in [0.05, 0.1) is 30.8 Å². The molecule has 0 aliphatic carbocycles. The molecule has 2 aromatic rings. The summed E-state index contributed by atoms with van der Waals surface area (Å²) in [5, 5.41) is 9.16. The summed E-state index contributed by atoms with van der Waals surface area (Å²) < 4.78 is 31.6. The third-order valence-corrected chi connectivity index (χ3v) is 4.84. The number of ether oxygens (including phenoxy) is 1. The van der Waals surface area contributed by atoms with Crippen LogP contribution >= 0.6 is 0 Å². The van der Waals surface area contributed by atoms with Crippen molar-refractivity contribution >= 4 is 15.7 Å². The van der Waals surface area contributed by atoms with Gasteiger partial charge in [-0.15, -0.1) is 0 Å². The van der Waals surface area contributed by atoms with Gasteiger partial charge in [0.1, 0.15) is 5.75 Å². The molecule has 112 valence electrons. The molecule has 0 bridgehead atoms. The Balaban J connectivity index is 2.42. The monoisotopic (exact) mass is 307 g/mol. The van der Waals surface area contributed by atoms with Gasteiger partial charge >= 0.3 is 0 Å². The van der Waals surface area contributed by atoms with Gasteiger partial charge in [-0.2, -0.15) is 0 Å². The molecule has 0 radical (unpaired) electrons. The van der Waals surface area contributed by atoms with Gasteiger partial charge < -0.3 is 9.84 Å². The van der Waals surface area contributed by atoms with Gasteiger partial charge in [0.25, 0.3) is 10.0 Å². The van der Waals surface area contributed by atoms with E-state index in [1.807, 2.05) is 0 Å². The second kappa shape index (κ2) is 6.60. The molecule has 0 fully saturated rings. The van der Waals surface area contributed by atoms with Crippen LogP contribution in [0.1, 0.15) is 0 Å². The van der Waals surface area contributed by atoms with Gasteiger partial charge in [-0.1, -0.05) is 18.2 Å². The Kier molecular flexibility index (Phi) is 4.82. The Morgan fingerprint density at radius 3 is 2.19 bits per heavy atom. The Bertz CT molecular complexity index is 669. The second-order valence-electron chi connectivity index (χ2n) is 4.31. The van der Waals surface area contributed by atoms with Crippen LogP contribution in [-0.4, -0.2) is 33.8 Å². The van der Waals surface area contributed by atoms with Gasteiger partial charge in [-0.3, -0.25) is 4.31 Å². The highest BCUT2D eigenvalue weighted by Gasteiger charge is 2.24. The zero-order chi connectivity index (χ0) is 15.3. The molecule has 1 N–H and O–H groups in total. The molecule has 0 spiro atoms. The first-order valence-electron chi connectivity index (χ1n) is 6.42. The van der Waals surface area contributed by atoms with E-state index in [0.717, 1.165) is 0 Å². The minimum atomic E-state index is -3.72. The van der Waals surface area contributed by atoms with E-state index in [9.17, 15) is 8.42 Å². The first-order chi connectivity index (χ1) is 10.1. The van der Waals surface area contributed by atoms with Crippen molar-refractivity contribution in [3.63, 3.8) is 0 Å². The highest BCUT2D eigenvalue weighted by Crippen LogP contribution is 2.24. The topological polar surface area (TPSA) is 66.8 Å². The van der Waals surface area contributed by atoms with Gasteiger partial charge in [0, 0.05) is 0 Å². The average Bonchev–Trinajstić information content (AvgIpc) is 2.53. The fraction of sp³-hybridized carbons (Fsp3) is 0.200. The molecule has 0 heterocycles. The molecule has 0 unspecified atom stereocenters. The van der Waals surface area contributed by atoms with Crippen molar-refractivity contribution in [2.45, 2.75) is 4.90 Å². The van der Waals surface area contributed by atoms with Crippen LogP contribution in [0.25, 0.3) is 0 Å². The summed E-state index contributed by atoms with van der Waals surface area (Å²) in [5.74, 6) is 0.586. The molecule has 0 saturated carbocycles. The normalized spacial score (nSPS) is 11.1. The van der Waals surface area contributed by atoms with Crippen LogP contribution in [0, 0.1) is 0 Å². The highest BCUT2D eigenvalue weighted by atomic mass is 32.2. The maximum atomic E-state index is 12.7. The van der Waals surface area contributed by atoms with Crippen LogP contribution in [0.15, 0.2) is 59.5 Å². The minimum Gasteiger partial charge on any atom is -0.497 e. The fourth-order valence-corrected chi connectivity index (χ4v) is 3.40. The lowest BCUT2D eigenvalue weighted by atomic mass is 10.3. The van der Waals surface area contributed by atoms with Crippen molar-refractivity contribution in [3.05, 3.63) is 54.6 Å². The summed E-state index contributed by atoms with van der Waals surface area (Å²) in [6, 6.07) is 14.9. The predicted octanol–water partition coefficient (Wildman–Crippen LogP) is 1.88. The molecular weight excluding hydrogens is 290 g/mol. The number of methoxy groups -OCH3 is 1. The summed E-state index contributed by atoms with van der Waals surface area (Å²) in [6.07, 6.45) is 0. The predicted molar refractivity (Wildman–Crippen MR) is 81.1 cm³/mol. The molecule has 2 rings (SSSR count). The van der Waals surface area contributed by atoms with Gasteiger partial charge in [0.15, 0.2) is 0 Å². The molecular formula is C15H17NO4S. The van der Waals surface area contributed by atoms with E-state index in [2.05, 4.69) is 0 Å². The molecule has 6 heteroatoms. The molecule has 0 atom stereocenters. The Morgan fingerprint density at radius 2 is 1.67 bits per heavy atom. The number of hydrogen-bond donors (Lipinski definition) is 1. The van der Waals surface area contributed by atoms with Crippen LogP contribution in [-0.2, 0) is 10.0 Å². The third-order valence-electron chi connectivity index (χ3n) is 2.99. The zero-order valence-electron chi connectivity index (χ0n) is 11.6. The third kappa shape index (κ3) is 3.34. The first kappa shape index (κ1) is 15.3. The van der Waals surface area contributed by atoms with Gasteiger partial charge in [-0.05, 0) is 36.4 Å². The van der Waals surface area contributed by atoms with E-state index in [1.54, 1.807) is 42.5 Å². The molecule has 21 heavy (non-hydrogen) atoms. The SMILES string of the molecule is COc1ccc(S(=O)(=O)N(CCO)c2ccccc2)cc1. The van der Waals surface area contributed by atoms with E-state index < -0.39 is 10.0 Å². The largest absolute Gasteiger partial charge is 0.497 e. The summed E-state index contributed by atoms with van der Waals surface area (Å²) in [6.45, 7) is -0.261. The summed E-state index contributed by atoms with van der Waals surface area (Å²) in [4.78, 5) is 0.153. The number of benzene rings is 2. The zero-order valence-corrected chi connectivity index (χ0v) is 12.5. The maximum absolute atomic E-state index is 12.7. The van der Waals surface area contributed by atoms with Crippen molar-refractivity contribution in [2.24, 2.45) is 0 Å². The van der Waals surface area contributed by atoms with Gasteiger partial charge in [-0.25, -0.2) is 8.42 Å². The van der Waals surface area contributed by atoms with E-state index >= 15 is 0 Å². The quantitative estimate of drug-likeness (QED) is 0.885. The van der Waals surface area contributed by atoms with Crippen molar-refractivity contribution < 1.29 is 18.3 Å². The number of hydrogen-bond acceptors (Lipinski definition) is 4. The number of sulfonamides is 1. The summed E-state index contributed by atoms with van der Waals surface area (Å²) in [7, 11) is -2.20. The molecule has 0 amide bonds. The number of aliphatic hydroxyl groups is 1. The molecule has 2 aromatic carbocycles. The lowest BCUT2D eigenvalue weighted by molar-refractivity contribution is 0.306. The number of para-hydroxylation sites is 1. The number of anilines is 1. The fourth-order valence-electron chi connectivity index (χ4n) is 1.95. The first-order valence-corrected chi connectivity index (χ1v) is 7.86. The maximum Gasteiger partial charge on any atom is 0.264 e. The number of nitrogens with zero attached hydrogens (tertiary/aromatic N) is 1. The molecule has 0 aliphatic heterocycles. The van der Waals surface area contributed by atoms with Crippen LogP contribution in [0.3, 0.4) is 0 Å². The van der Waals surface area contributed by atoms with Crippen LogP contribution < -0.4 is 9.04 Å². The summed E-state index contributed by atoms with van der Waals surface area (Å²) >= 11 is 0. The molecule has 0 aromatic heterocycles. The van der Waals surface area contributed by atoms with E-state index in [4.69, 9.17) is 9.84 Å². The lowest BCUT2D eigenvalue weighted by Gasteiger charge is -2.23. The minimum absolute atomic E-state index is 0.00161. The molecule has 0 aliphatic rings. The van der Waals surface area contributed by atoms with Crippen LogP contribution in [0.2, 0.25) is 0 Å². The Hall–Kier alpha value is -2.05. The lowest BCUT2D eigenvalue weighted by Crippen LogP contribution is -2.33. The van der Waals surface area contributed by atoms with Crippen molar-refractivity contribution in [1.82, 2.24) is 0 Å². The molecule has 0 saturated heterocycles.